The molecule has 0 spiro atoms. The highest BCUT2D eigenvalue weighted by atomic mass is 19.1. The highest BCUT2D eigenvalue weighted by molar-refractivity contribution is 5.83. The number of halogens is 1. The fourth-order valence-corrected chi connectivity index (χ4v) is 2.70. The third-order valence-corrected chi connectivity index (χ3v) is 3.68. The van der Waals surface area contributed by atoms with E-state index in [1.54, 1.807) is 6.07 Å². The quantitative estimate of drug-likeness (QED) is 0.871. The number of aromatic nitrogens is 1. The molecule has 3 nitrogen and oxygen atoms in total. The molecule has 0 saturated carbocycles. The summed E-state index contributed by atoms with van der Waals surface area (Å²) in [6, 6.07) is 5.11. The second kappa shape index (κ2) is 4.71. The zero-order valence-electron chi connectivity index (χ0n) is 10.2. The summed E-state index contributed by atoms with van der Waals surface area (Å²) in [5, 5.41) is 10.2. The van der Waals surface area contributed by atoms with Crippen molar-refractivity contribution in [2.75, 3.05) is 19.6 Å². The minimum absolute atomic E-state index is 0.162. The molecule has 1 aliphatic rings. The Balaban J connectivity index is 1.75. The van der Waals surface area contributed by atoms with E-state index in [1.807, 2.05) is 12.3 Å². The molecular formula is C14H17FN2O. The summed E-state index contributed by atoms with van der Waals surface area (Å²) in [5.74, 6) is -0.162. The van der Waals surface area contributed by atoms with Crippen LogP contribution in [0.25, 0.3) is 10.9 Å². The van der Waals surface area contributed by atoms with Crippen LogP contribution in [-0.2, 0) is 6.42 Å². The smallest absolute Gasteiger partial charge is 0.132 e. The number of aromatic amines is 1. The number of β-amino-alcohol motifs (C(OH)–C–C–N with tert-alkyl or cyclic N) is 1. The van der Waals surface area contributed by atoms with Crippen molar-refractivity contribution in [3.63, 3.8) is 0 Å². The van der Waals surface area contributed by atoms with Gasteiger partial charge in [-0.15, -0.1) is 0 Å². The molecule has 2 heterocycles. The van der Waals surface area contributed by atoms with Gasteiger partial charge in [-0.3, -0.25) is 0 Å². The monoisotopic (exact) mass is 248 g/mol. The molecule has 2 aromatic rings. The van der Waals surface area contributed by atoms with Gasteiger partial charge in [-0.05, 0) is 30.5 Å². The first-order valence-corrected chi connectivity index (χ1v) is 6.39. The van der Waals surface area contributed by atoms with Crippen LogP contribution in [-0.4, -0.2) is 40.7 Å². The highest BCUT2D eigenvalue weighted by Gasteiger charge is 2.20. The van der Waals surface area contributed by atoms with Gasteiger partial charge < -0.3 is 15.0 Å². The van der Waals surface area contributed by atoms with Gasteiger partial charge in [0.15, 0.2) is 0 Å². The molecule has 0 amide bonds. The van der Waals surface area contributed by atoms with E-state index in [9.17, 15) is 9.50 Å². The maximum atomic E-state index is 13.8. The third-order valence-electron chi connectivity index (χ3n) is 3.68. The lowest BCUT2D eigenvalue weighted by molar-refractivity contribution is 0.177. The van der Waals surface area contributed by atoms with Gasteiger partial charge in [0.05, 0.1) is 6.10 Å². The van der Waals surface area contributed by atoms with Crippen molar-refractivity contribution in [1.82, 2.24) is 9.88 Å². The van der Waals surface area contributed by atoms with E-state index >= 15 is 0 Å². The average Bonchev–Trinajstić information content (AvgIpc) is 2.94. The van der Waals surface area contributed by atoms with Crippen LogP contribution in [0.15, 0.2) is 24.4 Å². The minimum Gasteiger partial charge on any atom is -0.392 e. The van der Waals surface area contributed by atoms with Gasteiger partial charge in [-0.1, -0.05) is 6.07 Å². The number of likely N-dealkylation sites (tertiary alicyclic amines) is 1. The molecule has 3 rings (SSSR count). The number of aliphatic hydroxyl groups is 1. The Morgan fingerprint density at radius 2 is 2.33 bits per heavy atom. The van der Waals surface area contributed by atoms with E-state index in [0.717, 1.165) is 43.6 Å². The molecule has 2 N–H and O–H groups in total. The number of rotatable bonds is 3. The molecule has 0 radical (unpaired) electrons. The molecule has 1 saturated heterocycles. The number of nitrogens with one attached hydrogen (secondary N) is 1. The molecule has 1 unspecified atom stereocenters. The summed E-state index contributed by atoms with van der Waals surface area (Å²) in [6.07, 6.45) is 3.36. The van der Waals surface area contributed by atoms with Crippen molar-refractivity contribution in [1.29, 1.82) is 0 Å². The fourth-order valence-electron chi connectivity index (χ4n) is 2.70. The zero-order valence-corrected chi connectivity index (χ0v) is 10.2. The lowest BCUT2D eigenvalue weighted by Crippen LogP contribution is -2.24. The second-order valence-electron chi connectivity index (χ2n) is 4.97. The number of aliphatic hydroxyl groups excluding tert-OH is 1. The summed E-state index contributed by atoms with van der Waals surface area (Å²) in [6.45, 7) is 2.55. The van der Waals surface area contributed by atoms with Crippen LogP contribution in [0.1, 0.15) is 12.0 Å². The Morgan fingerprint density at radius 1 is 1.44 bits per heavy atom. The van der Waals surface area contributed by atoms with Crippen molar-refractivity contribution >= 4 is 10.9 Å². The predicted octanol–water partition coefficient (Wildman–Crippen LogP) is 1.92. The number of fused-ring (bicyclic) bond motifs is 1. The third kappa shape index (κ3) is 2.13. The summed E-state index contributed by atoms with van der Waals surface area (Å²) >= 11 is 0. The normalized spacial score (nSPS) is 20.9. The molecule has 18 heavy (non-hydrogen) atoms. The molecule has 1 aromatic carbocycles. The Bertz CT molecular complexity index is 552. The van der Waals surface area contributed by atoms with Crippen molar-refractivity contribution in [2.45, 2.75) is 18.9 Å². The van der Waals surface area contributed by atoms with E-state index in [1.165, 1.54) is 6.07 Å². The first-order valence-electron chi connectivity index (χ1n) is 6.39. The van der Waals surface area contributed by atoms with Gasteiger partial charge >= 0.3 is 0 Å². The van der Waals surface area contributed by atoms with Gasteiger partial charge in [0.25, 0.3) is 0 Å². The van der Waals surface area contributed by atoms with Crippen molar-refractivity contribution in [3.8, 4) is 0 Å². The lowest BCUT2D eigenvalue weighted by atomic mass is 10.1. The first-order chi connectivity index (χ1) is 8.74. The summed E-state index contributed by atoms with van der Waals surface area (Å²) in [7, 11) is 0. The molecule has 96 valence electrons. The van der Waals surface area contributed by atoms with Crippen LogP contribution in [0.3, 0.4) is 0 Å². The summed E-state index contributed by atoms with van der Waals surface area (Å²) in [4.78, 5) is 5.33. The summed E-state index contributed by atoms with van der Waals surface area (Å²) in [5.41, 5.74) is 1.87. The van der Waals surface area contributed by atoms with E-state index in [2.05, 4.69) is 9.88 Å². The maximum absolute atomic E-state index is 13.8. The Labute approximate surface area is 105 Å². The second-order valence-corrected chi connectivity index (χ2v) is 4.97. The van der Waals surface area contributed by atoms with Gasteiger partial charge in [0.1, 0.15) is 5.82 Å². The molecule has 1 aliphatic heterocycles. The highest BCUT2D eigenvalue weighted by Crippen LogP contribution is 2.22. The predicted molar refractivity (Wildman–Crippen MR) is 69.0 cm³/mol. The van der Waals surface area contributed by atoms with E-state index < -0.39 is 0 Å². The SMILES string of the molecule is OC1CCN(CCc2c[nH]c3cccc(F)c23)C1. The average molecular weight is 248 g/mol. The molecule has 1 aromatic heterocycles. The van der Waals surface area contributed by atoms with Gasteiger partial charge in [-0.25, -0.2) is 4.39 Å². The zero-order chi connectivity index (χ0) is 12.5. The standard InChI is InChI=1S/C14H17FN2O/c15-12-2-1-3-13-14(12)10(8-16-13)4-6-17-7-5-11(18)9-17/h1-3,8,11,16,18H,4-7,9H2. The Morgan fingerprint density at radius 3 is 3.11 bits per heavy atom. The van der Waals surface area contributed by atoms with Gasteiger partial charge in [0.2, 0.25) is 0 Å². The fraction of sp³-hybridized carbons (Fsp3) is 0.429. The van der Waals surface area contributed by atoms with Crippen LogP contribution in [0.4, 0.5) is 4.39 Å². The lowest BCUT2D eigenvalue weighted by Gasteiger charge is -2.14. The van der Waals surface area contributed by atoms with Crippen molar-refractivity contribution in [2.24, 2.45) is 0 Å². The van der Waals surface area contributed by atoms with Crippen LogP contribution in [0.2, 0.25) is 0 Å². The molecule has 1 fully saturated rings. The largest absolute Gasteiger partial charge is 0.392 e. The molecule has 4 heteroatoms. The Kier molecular flexibility index (Phi) is 3.06. The molecular weight excluding hydrogens is 231 g/mol. The Hall–Kier alpha value is -1.39. The summed E-state index contributed by atoms with van der Waals surface area (Å²) < 4.78 is 13.8. The minimum atomic E-state index is -0.190. The molecule has 0 bridgehead atoms. The van der Waals surface area contributed by atoms with Crippen LogP contribution in [0, 0.1) is 5.82 Å². The molecule has 0 aliphatic carbocycles. The first kappa shape index (κ1) is 11.7. The molecule has 1 atom stereocenters. The number of nitrogens with zero attached hydrogens (tertiary/aromatic N) is 1. The number of H-pyrrole nitrogens is 1. The van der Waals surface area contributed by atoms with Crippen molar-refractivity contribution < 1.29 is 9.50 Å². The number of hydrogen-bond acceptors (Lipinski definition) is 2. The van der Waals surface area contributed by atoms with E-state index in [0.29, 0.717) is 5.39 Å². The van der Waals surface area contributed by atoms with E-state index in [4.69, 9.17) is 0 Å². The van der Waals surface area contributed by atoms with Gasteiger partial charge in [0, 0.05) is 36.7 Å². The topological polar surface area (TPSA) is 39.3 Å². The van der Waals surface area contributed by atoms with Crippen LogP contribution >= 0.6 is 0 Å². The van der Waals surface area contributed by atoms with Gasteiger partial charge in [-0.2, -0.15) is 0 Å². The maximum Gasteiger partial charge on any atom is 0.132 e. The van der Waals surface area contributed by atoms with Crippen LogP contribution < -0.4 is 0 Å². The van der Waals surface area contributed by atoms with Crippen LogP contribution in [0.5, 0.6) is 0 Å². The van der Waals surface area contributed by atoms with Crippen molar-refractivity contribution in [3.05, 3.63) is 35.8 Å². The number of benzene rings is 1. The number of hydrogen-bond donors (Lipinski definition) is 2. The van der Waals surface area contributed by atoms with E-state index in [-0.39, 0.29) is 11.9 Å².